The van der Waals surface area contributed by atoms with Gasteiger partial charge in [0.15, 0.2) is 5.16 Å². The predicted octanol–water partition coefficient (Wildman–Crippen LogP) is 1.94. The zero-order chi connectivity index (χ0) is 12.4. The smallest absolute Gasteiger partial charge is 0.187 e. The molecule has 2 heterocycles. The zero-order valence-electron chi connectivity index (χ0n) is 10.4. The minimum absolute atomic E-state index is 0.912. The number of rotatable bonds is 4. The average Bonchev–Trinajstić information content (AvgIpc) is 3.00. The van der Waals surface area contributed by atoms with Crippen molar-refractivity contribution in [2.45, 2.75) is 18.0 Å². The summed E-state index contributed by atoms with van der Waals surface area (Å²) in [5.41, 5.74) is 1.98. The van der Waals surface area contributed by atoms with E-state index in [9.17, 15) is 0 Å². The molecule has 0 aliphatic carbocycles. The SMILES string of the molecule is Nn1c(SCCN2CCCC2)nc2ccccc21. The summed E-state index contributed by atoms with van der Waals surface area (Å²) in [5, 5.41) is 0.912. The molecule has 0 amide bonds. The second-order valence-corrected chi connectivity index (χ2v) is 5.71. The number of aromatic nitrogens is 2. The highest BCUT2D eigenvalue weighted by Gasteiger charge is 2.12. The zero-order valence-corrected chi connectivity index (χ0v) is 11.2. The first-order valence-corrected chi connectivity index (χ1v) is 7.41. The standard InChI is InChI=1S/C13H18N4S/c14-17-12-6-2-1-5-11(12)15-13(17)18-10-9-16-7-3-4-8-16/h1-2,5-6H,3-4,7-10,14H2. The lowest BCUT2D eigenvalue weighted by Crippen LogP contribution is -2.22. The Morgan fingerprint density at radius 2 is 2.00 bits per heavy atom. The highest BCUT2D eigenvalue weighted by Crippen LogP contribution is 2.21. The van der Waals surface area contributed by atoms with E-state index < -0.39 is 0 Å². The number of hydrogen-bond donors (Lipinski definition) is 1. The van der Waals surface area contributed by atoms with Gasteiger partial charge in [-0.15, -0.1) is 0 Å². The van der Waals surface area contributed by atoms with E-state index in [1.807, 2.05) is 24.3 Å². The molecular formula is C13H18N4S. The molecule has 1 fully saturated rings. The number of nitrogens with zero attached hydrogens (tertiary/aromatic N) is 3. The van der Waals surface area contributed by atoms with Crippen LogP contribution in [0.15, 0.2) is 29.4 Å². The Labute approximate surface area is 111 Å². The number of likely N-dealkylation sites (tertiary alicyclic amines) is 1. The summed E-state index contributed by atoms with van der Waals surface area (Å²) in [6.45, 7) is 3.63. The van der Waals surface area contributed by atoms with Crippen molar-refractivity contribution in [2.75, 3.05) is 31.2 Å². The monoisotopic (exact) mass is 262 g/mol. The predicted molar refractivity (Wildman–Crippen MR) is 76.3 cm³/mol. The molecule has 1 saturated heterocycles. The van der Waals surface area contributed by atoms with Crippen molar-refractivity contribution in [3.8, 4) is 0 Å². The summed E-state index contributed by atoms with van der Waals surface area (Å²) < 4.78 is 1.70. The van der Waals surface area contributed by atoms with Gasteiger partial charge >= 0.3 is 0 Å². The van der Waals surface area contributed by atoms with Gasteiger partial charge in [-0.05, 0) is 38.1 Å². The van der Waals surface area contributed by atoms with Crippen LogP contribution in [0.2, 0.25) is 0 Å². The summed E-state index contributed by atoms with van der Waals surface area (Å²) >= 11 is 1.74. The van der Waals surface area contributed by atoms with Gasteiger partial charge in [-0.2, -0.15) is 0 Å². The van der Waals surface area contributed by atoms with E-state index in [4.69, 9.17) is 5.84 Å². The highest BCUT2D eigenvalue weighted by molar-refractivity contribution is 7.99. The molecule has 0 unspecified atom stereocenters. The minimum atomic E-state index is 0.912. The molecule has 0 saturated carbocycles. The number of hydrogen-bond acceptors (Lipinski definition) is 4. The Morgan fingerprint density at radius 3 is 2.78 bits per heavy atom. The fourth-order valence-corrected chi connectivity index (χ4v) is 3.33. The molecule has 0 atom stereocenters. The van der Waals surface area contributed by atoms with Crippen LogP contribution in [0, 0.1) is 0 Å². The Hall–Kier alpha value is -1.20. The van der Waals surface area contributed by atoms with E-state index in [2.05, 4.69) is 9.88 Å². The Kier molecular flexibility index (Phi) is 3.43. The van der Waals surface area contributed by atoms with Crippen molar-refractivity contribution in [1.82, 2.24) is 14.6 Å². The molecule has 1 aliphatic rings. The summed E-state index contributed by atoms with van der Waals surface area (Å²) in [4.78, 5) is 7.07. The lowest BCUT2D eigenvalue weighted by molar-refractivity contribution is 0.362. The third-order valence-electron chi connectivity index (χ3n) is 3.40. The summed E-state index contributed by atoms with van der Waals surface area (Å²) in [6, 6.07) is 8.00. The van der Waals surface area contributed by atoms with Crippen molar-refractivity contribution >= 4 is 22.8 Å². The van der Waals surface area contributed by atoms with Gasteiger partial charge in [-0.1, -0.05) is 23.9 Å². The van der Waals surface area contributed by atoms with E-state index in [-0.39, 0.29) is 0 Å². The molecule has 4 nitrogen and oxygen atoms in total. The summed E-state index contributed by atoms with van der Waals surface area (Å²) in [7, 11) is 0. The van der Waals surface area contributed by atoms with E-state index in [1.54, 1.807) is 16.4 Å². The van der Waals surface area contributed by atoms with Crippen LogP contribution in [0.1, 0.15) is 12.8 Å². The van der Waals surface area contributed by atoms with Gasteiger partial charge in [0.05, 0.1) is 11.0 Å². The highest BCUT2D eigenvalue weighted by atomic mass is 32.2. The van der Waals surface area contributed by atoms with Gasteiger partial charge in [-0.3, -0.25) is 0 Å². The van der Waals surface area contributed by atoms with Crippen molar-refractivity contribution < 1.29 is 0 Å². The van der Waals surface area contributed by atoms with E-state index in [0.29, 0.717) is 0 Å². The van der Waals surface area contributed by atoms with Crippen LogP contribution in [0.25, 0.3) is 11.0 Å². The maximum Gasteiger partial charge on any atom is 0.187 e. The van der Waals surface area contributed by atoms with Crippen LogP contribution in [-0.4, -0.2) is 39.9 Å². The fourth-order valence-electron chi connectivity index (χ4n) is 2.40. The van der Waals surface area contributed by atoms with Gasteiger partial charge < -0.3 is 10.7 Å². The lowest BCUT2D eigenvalue weighted by Gasteiger charge is -2.13. The molecule has 2 N–H and O–H groups in total. The molecule has 0 spiro atoms. The van der Waals surface area contributed by atoms with Gasteiger partial charge in [0, 0.05) is 12.3 Å². The molecule has 2 aromatic rings. The molecule has 1 aromatic heterocycles. The van der Waals surface area contributed by atoms with Crippen LogP contribution in [0.4, 0.5) is 0 Å². The second-order valence-electron chi connectivity index (χ2n) is 4.65. The Bertz CT molecular complexity index is 531. The molecular weight excluding hydrogens is 244 g/mol. The first-order chi connectivity index (χ1) is 8.84. The number of fused-ring (bicyclic) bond motifs is 1. The first kappa shape index (κ1) is 11.9. The van der Waals surface area contributed by atoms with Crippen LogP contribution in [0.5, 0.6) is 0 Å². The molecule has 1 aromatic carbocycles. The van der Waals surface area contributed by atoms with Crippen molar-refractivity contribution in [3.63, 3.8) is 0 Å². The Balaban J connectivity index is 1.65. The molecule has 96 valence electrons. The van der Waals surface area contributed by atoms with E-state index in [1.165, 1.54) is 25.9 Å². The van der Waals surface area contributed by atoms with Crippen LogP contribution >= 0.6 is 11.8 Å². The number of imidazole rings is 1. The van der Waals surface area contributed by atoms with Crippen LogP contribution in [0.3, 0.4) is 0 Å². The van der Waals surface area contributed by atoms with Crippen LogP contribution in [-0.2, 0) is 0 Å². The normalized spacial score (nSPS) is 16.7. The maximum absolute atomic E-state index is 6.05. The quantitative estimate of drug-likeness (QED) is 0.675. The fraction of sp³-hybridized carbons (Fsp3) is 0.462. The lowest BCUT2D eigenvalue weighted by atomic mass is 10.3. The number of nitrogen functional groups attached to an aromatic ring is 1. The first-order valence-electron chi connectivity index (χ1n) is 6.42. The topological polar surface area (TPSA) is 47.1 Å². The number of nitrogens with two attached hydrogens (primary N) is 1. The maximum atomic E-state index is 6.05. The van der Waals surface area contributed by atoms with E-state index >= 15 is 0 Å². The third kappa shape index (κ3) is 2.33. The second kappa shape index (κ2) is 5.20. The van der Waals surface area contributed by atoms with Crippen molar-refractivity contribution in [1.29, 1.82) is 0 Å². The summed E-state index contributed by atoms with van der Waals surface area (Å²) in [6.07, 6.45) is 2.69. The van der Waals surface area contributed by atoms with Gasteiger partial charge in [0.25, 0.3) is 0 Å². The molecule has 0 radical (unpaired) electrons. The largest absolute Gasteiger partial charge is 0.337 e. The molecule has 18 heavy (non-hydrogen) atoms. The van der Waals surface area contributed by atoms with Crippen molar-refractivity contribution in [2.24, 2.45) is 0 Å². The van der Waals surface area contributed by atoms with Gasteiger partial charge in [-0.25, -0.2) is 9.66 Å². The number of para-hydroxylation sites is 2. The van der Waals surface area contributed by atoms with Crippen molar-refractivity contribution in [3.05, 3.63) is 24.3 Å². The van der Waals surface area contributed by atoms with Gasteiger partial charge in [0.1, 0.15) is 0 Å². The third-order valence-corrected chi connectivity index (χ3v) is 4.33. The average molecular weight is 262 g/mol. The molecule has 0 bridgehead atoms. The summed E-state index contributed by atoms with van der Waals surface area (Å²) in [5.74, 6) is 7.11. The molecule has 5 heteroatoms. The minimum Gasteiger partial charge on any atom is -0.337 e. The van der Waals surface area contributed by atoms with E-state index in [0.717, 1.165) is 28.5 Å². The van der Waals surface area contributed by atoms with Crippen LogP contribution < -0.4 is 5.84 Å². The van der Waals surface area contributed by atoms with Gasteiger partial charge in [0.2, 0.25) is 0 Å². The number of thioether (sulfide) groups is 1. The number of benzene rings is 1. The Morgan fingerprint density at radius 1 is 1.22 bits per heavy atom. The molecule has 3 rings (SSSR count). The molecule has 1 aliphatic heterocycles.